The molecule has 6 nitrogen and oxygen atoms in total. The van der Waals surface area contributed by atoms with Crippen molar-refractivity contribution in [3.05, 3.63) is 40.4 Å². The van der Waals surface area contributed by atoms with Crippen molar-refractivity contribution in [2.45, 2.75) is 0 Å². The van der Waals surface area contributed by atoms with Gasteiger partial charge in [-0.25, -0.2) is 4.79 Å². The highest BCUT2D eigenvalue weighted by Gasteiger charge is 2.20. The Morgan fingerprint density at radius 2 is 2.12 bits per heavy atom. The number of benzene rings is 1. The van der Waals surface area contributed by atoms with Crippen molar-refractivity contribution in [3.63, 3.8) is 0 Å². The Morgan fingerprint density at radius 1 is 1.38 bits per heavy atom. The first-order valence-corrected chi connectivity index (χ1v) is 4.34. The first kappa shape index (κ1) is 10.0. The number of aromatic carboxylic acids is 1. The van der Waals surface area contributed by atoms with Crippen LogP contribution in [0.5, 0.6) is 5.75 Å². The molecular formula is C10H7NO5. The highest BCUT2D eigenvalue weighted by molar-refractivity contribution is 5.92. The lowest BCUT2D eigenvalue weighted by atomic mass is 10.1. The zero-order valence-corrected chi connectivity index (χ0v) is 7.93. The fourth-order valence-electron chi connectivity index (χ4n) is 1.38. The highest BCUT2D eigenvalue weighted by Crippen LogP contribution is 2.23. The van der Waals surface area contributed by atoms with E-state index < -0.39 is 17.3 Å². The van der Waals surface area contributed by atoms with Gasteiger partial charge in [0.25, 0.3) is 11.3 Å². The fraction of sp³-hybridized carbons (Fsp3) is 0. The van der Waals surface area contributed by atoms with Gasteiger partial charge in [0.05, 0.1) is 0 Å². The van der Waals surface area contributed by atoms with E-state index in [1.54, 1.807) is 0 Å². The van der Waals surface area contributed by atoms with E-state index >= 15 is 0 Å². The molecule has 0 unspecified atom stereocenters. The van der Waals surface area contributed by atoms with Crippen LogP contribution >= 0.6 is 0 Å². The van der Waals surface area contributed by atoms with Gasteiger partial charge in [0.1, 0.15) is 11.3 Å². The van der Waals surface area contributed by atoms with Gasteiger partial charge in [-0.1, -0.05) is 12.1 Å². The molecule has 1 aromatic carbocycles. The molecular weight excluding hydrogens is 214 g/mol. The minimum absolute atomic E-state index is 0.0607. The number of aromatic amines is 1. The Hall–Kier alpha value is -2.50. The van der Waals surface area contributed by atoms with Crippen molar-refractivity contribution in [2.24, 2.45) is 0 Å². The zero-order chi connectivity index (χ0) is 11.7. The average molecular weight is 221 g/mol. The minimum Gasteiger partial charge on any atom is -0.508 e. The molecule has 0 saturated heterocycles. The average Bonchev–Trinajstić information content (AvgIpc) is 2.60. The number of aromatic nitrogens is 1. The molecule has 0 saturated carbocycles. The minimum atomic E-state index is -1.35. The molecule has 0 aliphatic heterocycles. The number of nitrogens with one attached hydrogen (secondary N) is 1. The molecule has 82 valence electrons. The van der Waals surface area contributed by atoms with Crippen LogP contribution in [-0.2, 0) is 0 Å². The predicted molar refractivity (Wildman–Crippen MR) is 53.4 cm³/mol. The summed E-state index contributed by atoms with van der Waals surface area (Å²) < 4.78 is 4.53. The van der Waals surface area contributed by atoms with Gasteiger partial charge in [-0.15, -0.1) is 0 Å². The molecule has 1 heterocycles. The van der Waals surface area contributed by atoms with Crippen molar-refractivity contribution in [3.8, 4) is 16.9 Å². The monoisotopic (exact) mass is 221 g/mol. The van der Waals surface area contributed by atoms with Crippen LogP contribution in [0.2, 0.25) is 0 Å². The lowest BCUT2D eigenvalue weighted by Gasteiger charge is -1.97. The number of rotatable bonds is 2. The summed E-state index contributed by atoms with van der Waals surface area (Å²) in [6, 6.07) is 5.71. The molecule has 0 aliphatic rings. The highest BCUT2D eigenvalue weighted by atomic mass is 16.5. The van der Waals surface area contributed by atoms with Gasteiger partial charge in [-0.2, -0.15) is 5.16 Å². The van der Waals surface area contributed by atoms with Gasteiger partial charge < -0.3 is 14.7 Å². The second-order valence-corrected chi connectivity index (χ2v) is 3.09. The summed E-state index contributed by atoms with van der Waals surface area (Å²) in [7, 11) is 0. The smallest absolute Gasteiger partial charge is 0.375 e. The zero-order valence-electron chi connectivity index (χ0n) is 7.93. The van der Waals surface area contributed by atoms with E-state index in [0.29, 0.717) is 0 Å². The van der Waals surface area contributed by atoms with Crippen molar-refractivity contribution in [1.29, 1.82) is 0 Å². The SMILES string of the molecule is O=C(O)c1o[nH]c(=O)c1-c1cccc(O)c1. The van der Waals surface area contributed by atoms with Gasteiger partial charge in [0, 0.05) is 0 Å². The molecule has 0 bridgehead atoms. The number of phenols is 1. The Morgan fingerprint density at radius 3 is 2.75 bits per heavy atom. The van der Waals surface area contributed by atoms with Crippen LogP contribution in [0.1, 0.15) is 10.6 Å². The van der Waals surface area contributed by atoms with E-state index in [4.69, 9.17) is 5.11 Å². The topological polar surface area (TPSA) is 104 Å². The predicted octanol–water partition coefficient (Wildman–Crippen LogP) is 1.04. The summed E-state index contributed by atoms with van der Waals surface area (Å²) in [5, 5.41) is 20.0. The largest absolute Gasteiger partial charge is 0.508 e. The molecule has 0 radical (unpaired) electrons. The maximum absolute atomic E-state index is 11.4. The number of hydrogen-bond donors (Lipinski definition) is 3. The molecule has 0 atom stereocenters. The summed E-state index contributed by atoms with van der Waals surface area (Å²) in [4.78, 5) is 22.1. The van der Waals surface area contributed by atoms with E-state index in [0.717, 1.165) is 0 Å². The number of carboxylic acid groups (broad SMARTS) is 1. The van der Waals surface area contributed by atoms with Crippen molar-refractivity contribution in [2.75, 3.05) is 0 Å². The summed E-state index contributed by atoms with van der Waals surface area (Å²) in [6.07, 6.45) is 0. The van der Waals surface area contributed by atoms with E-state index in [9.17, 15) is 14.7 Å². The Balaban J connectivity index is 2.68. The van der Waals surface area contributed by atoms with Crippen LogP contribution in [0, 0.1) is 0 Å². The Kier molecular flexibility index (Phi) is 2.24. The molecule has 2 aromatic rings. The fourth-order valence-corrected chi connectivity index (χ4v) is 1.38. The normalized spacial score (nSPS) is 10.2. The van der Waals surface area contributed by atoms with Crippen molar-refractivity contribution in [1.82, 2.24) is 5.16 Å². The van der Waals surface area contributed by atoms with E-state index in [2.05, 4.69) is 4.52 Å². The lowest BCUT2D eigenvalue weighted by Crippen LogP contribution is -2.04. The molecule has 1 aromatic heterocycles. The molecule has 0 amide bonds. The van der Waals surface area contributed by atoms with Crippen LogP contribution < -0.4 is 5.56 Å². The van der Waals surface area contributed by atoms with Gasteiger partial charge in [0.2, 0.25) is 0 Å². The van der Waals surface area contributed by atoms with Crippen LogP contribution in [0.25, 0.3) is 11.1 Å². The first-order valence-electron chi connectivity index (χ1n) is 4.34. The number of phenolic OH excluding ortho intramolecular Hbond substituents is 1. The Bertz CT molecular complexity index is 595. The van der Waals surface area contributed by atoms with E-state index in [-0.39, 0.29) is 16.9 Å². The van der Waals surface area contributed by atoms with Crippen LogP contribution in [0.3, 0.4) is 0 Å². The number of carbonyl (C=O) groups is 1. The van der Waals surface area contributed by atoms with E-state index in [1.165, 1.54) is 24.3 Å². The summed E-state index contributed by atoms with van der Waals surface area (Å²) >= 11 is 0. The van der Waals surface area contributed by atoms with Crippen molar-refractivity contribution < 1.29 is 19.5 Å². The summed E-state index contributed by atoms with van der Waals surface area (Å²) in [5.74, 6) is -1.89. The van der Waals surface area contributed by atoms with E-state index in [1.807, 2.05) is 5.16 Å². The molecule has 2 rings (SSSR count). The third kappa shape index (κ3) is 1.56. The number of H-pyrrole nitrogens is 1. The molecule has 0 fully saturated rings. The third-order valence-electron chi connectivity index (χ3n) is 2.03. The number of hydrogen-bond acceptors (Lipinski definition) is 4. The van der Waals surface area contributed by atoms with Crippen LogP contribution in [0.15, 0.2) is 33.6 Å². The second kappa shape index (κ2) is 3.58. The summed E-state index contributed by atoms with van der Waals surface area (Å²) in [5.41, 5.74) is -0.473. The molecule has 3 N–H and O–H groups in total. The van der Waals surface area contributed by atoms with Crippen LogP contribution in [0.4, 0.5) is 0 Å². The number of carboxylic acids is 1. The maximum Gasteiger partial charge on any atom is 0.375 e. The van der Waals surface area contributed by atoms with Gasteiger partial charge >= 0.3 is 5.97 Å². The number of aromatic hydroxyl groups is 1. The third-order valence-corrected chi connectivity index (χ3v) is 2.03. The second-order valence-electron chi connectivity index (χ2n) is 3.09. The Labute approximate surface area is 88.7 Å². The maximum atomic E-state index is 11.4. The molecule has 0 spiro atoms. The van der Waals surface area contributed by atoms with Crippen LogP contribution in [-0.4, -0.2) is 21.3 Å². The van der Waals surface area contributed by atoms with Crippen molar-refractivity contribution >= 4 is 5.97 Å². The molecule has 16 heavy (non-hydrogen) atoms. The summed E-state index contributed by atoms with van der Waals surface area (Å²) in [6.45, 7) is 0. The first-order chi connectivity index (χ1) is 7.59. The van der Waals surface area contributed by atoms with Gasteiger partial charge in [0.15, 0.2) is 0 Å². The molecule has 6 heteroatoms. The standard InChI is InChI=1S/C10H7NO5/c12-6-3-1-2-5(4-6)7-8(10(14)15)16-11-9(7)13/h1-4,12H,(H,11,13)(H,14,15). The quantitative estimate of drug-likeness (QED) is 0.702. The van der Waals surface area contributed by atoms with Gasteiger partial charge in [-0.05, 0) is 17.7 Å². The van der Waals surface area contributed by atoms with Gasteiger partial charge in [-0.3, -0.25) is 4.79 Å². The lowest BCUT2D eigenvalue weighted by molar-refractivity contribution is 0.0653. The molecule has 0 aliphatic carbocycles.